The van der Waals surface area contributed by atoms with Gasteiger partial charge in [-0.3, -0.25) is 4.98 Å². The molecule has 1 fully saturated rings. The van der Waals surface area contributed by atoms with E-state index in [4.69, 9.17) is 21.1 Å². The van der Waals surface area contributed by atoms with Gasteiger partial charge in [0.1, 0.15) is 5.69 Å². The summed E-state index contributed by atoms with van der Waals surface area (Å²) in [6, 6.07) is 4.76. The Labute approximate surface area is 131 Å². The minimum Gasteiger partial charge on any atom is -0.464 e. The van der Waals surface area contributed by atoms with Crippen LogP contribution in [-0.2, 0) is 9.53 Å². The lowest BCUT2D eigenvalue weighted by atomic mass is 10.3. The molecule has 116 valence electrons. The van der Waals surface area contributed by atoms with Crippen LogP contribution in [0.3, 0.4) is 0 Å². The molecule has 0 aliphatic heterocycles. The number of esters is 1. The molecule has 0 saturated heterocycles. The van der Waals surface area contributed by atoms with E-state index in [0.717, 1.165) is 12.8 Å². The van der Waals surface area contributed by atoms with E-state index in [2.05, 4.69) is 10.1 Å². The molecule has 0 amide bonds. The van der Waals surface area contributed by atoms with E-state index in [-0.39, 0.29) is 12.5 Å². The van der Waals surface area contributed by atoms with Crippen LogP contribution in [0, 0.1) is 5.92 Å². The lowest BCUT2D eigenvalue weighted by molar-refractivity contribution is -0.146. The van der Waals surface area contributed by atoms with Gasteiger partial charge in [-0.1, -0.05) is 21.5 Å². The van der Waals surface area contributed by atoms with Crippen molar-refractivity contribution in [2.45, 2.75) is 12.8 Å². The van der Waals surface area contributed by atoms with Crippen molar-refractivity contribution in [3.8, 4) is 17.3 Å². The fourth-order valence-corrected chi connectivity index (χ4v) is 1.91. The number of carbonyl (C=O) groups is 1. The van der Waals surface area contributed by atoms with E-state index in [1.807, 2.05) is 0 Å². The molecule has 2 aromatic heterocycles. The van der Waals surface area contributed by atoms with Crippen LogP contribution in [0.5, 0.6) is 5.88 Å². The van der Waals surface area contributed by atoms with Crippen LogP contribution in [0.1, 0.15) is 12.8 Å². The van der Waals surface area contributed by atoms with Gasteiger partial charge in [-0.25, -0.2) is 4.79 Å². The normalized spacial score (nSPS) is 13.9. The van der Waals surface area contributed by atoms with Crippen molar-refractivity contribution in [1.82, 2.24) is 14.9 Å². The molecule has 0 aromatic carbocycles. The summed E-state index contributed by atoms with van der Waals surface area (Å²) in [6.07, 6.45) is 3.68. The van der Waals surface area contributed by atoms with Crippen LogP contribution in [0.4, 0.5) is 0 Å². The van der Waals surface area contributed by atoms with Crippen molar-refractivity contribution in [3.05, 3.63) is 29.4 Å². The molecule has 0 unspecified atom stereocenters. The van der Waals surface area contributed by atoms with E-state index >= 15 is 0 Å². The average molecular weight is 324 g/mol. The Hall–Kier alpha value is -2.28. The summed E-state index contributed by atoms with van der Waals surface area (Å²) >= 11 is 5.76. The molecule has 22 heavy (non-hydrogen) atoms. The molecule has 1 aliphatic carbocycles. The number of ether oxygens (including phenoxy) is 2. The van der Waals surface area contributed by atoms with Crippen LogP contribution in [0.2, 0.25) is 5.02 Å². The third kappa shape index (κ3) is 3.67. The molecule has 8 heteroatoms. The van der Waals surface area contributed by atoms with Crippen LogP contribution < -0.4 is 4.74 Å². The average Bonchev–Trinajstić information content (AvgIpc) is 3.26. The quantitative estimate of drug-likeness (QED) is 0.647. The first-order chi connectivity index (χ1) is 10.6. The predicted molar refractivity (Wildman–Crippen MR) is 76.8 cm³/mol. The highest BCUT2D eigenvalue weighted by Gasteiger charge is 2.23. The number of aromatic nitrogens is 3. The van der Waals surface area contributed by atoms with Gasteiger partial charge < -0.3 is 14.7 Å². The van der Waals surface area contributed by atoms with Crippen molar-refractivity contribution < 1.29 is 19.5 Å². The standard InChI is InChI=1S/C14H14ClN3O4/c15-10-3-4-11(16-6-10)12-5-13(17-18(12)20)21-8-14(19)22-7-9-1-2-9/h3-6,9,20H,1-2,7-8H2. The Morgan fingerprint density at radius 3 is 2.95 bits per heavy atom. The maximum absolute atomic E-state index is 11.5. The van der Waals surface area contributed by atoms with Gasteiger partial charge in [-0.15, -0.1) is 0 Å². The zero-order valence-electron chi connectivity index (χ0n) is 11.6. The van der Waals surface area contributed by atoms with Crippen molar-refractivity contribution >= 4 is 17.6 Å². The van der Waals surface area contributed by atoms with E-state index < -0.39 is 5.97 Å². The number of hydrogen-bond acceptors (Lipinski definition) is 6. The van der Waals surface area contributed by atoms with Gasteiger partial charge in [-0.05, 0) is 30.9 Å². The lowest BCUT2D eigenvalue weighted by Gasteiger charge is -2.03. The molecule has 0 spiro atoms. The second kappa shape index (κ2) is 6.23. The molecule has 0 radical (unpaired) electrons. The Bertz CT molecular complexity index is 667. The SMILES string of the molecule is O=C(COc1cc(-c2ccc(Cl)cn2)n(O)n1)OCC1CC1. The van der Waals surface area contributed by atoms with Gasteiger partial charge in [0.25, 0.3) is 0 Å². The molecule has 2 aromatic rings. The lowest BCUT2D eigenvalue weighted by Crippen LogP contribution is -2.16. The molecule has 3 rings (SSSR count). The molecule has 2 heterocycles. The van der Waals surface area contributed by atoms with Gasteiger partial charge in [0.05, 0.1) is 17.3 Å². The summed E-state index contributed by atoms with van der Waals surface area (Å²) in [7, 11) is 0. The number of pyridine rings is 1. The summed E-state index contributed by atoms with van der Waals surface area (Å²) < 4.78 is 10.2. The first-order valence-electron chi connectivity index (χ1n) is 6.81. The van der Waals surface area contributed by atoms with Crippen molar-refractivity contribution in [2.75, 3.05) is 13.2 Å². The zero-order chi connectivity index (χ0) is 15.5. The molecule has 0 atom stereocenters. The first-order valence-corrected chi connectivity index (χ1v) is 7.19. The van der Waals surface area contributed by atoms with Crippen LogP contribution >= 0.6 is 11.6 Å². The largest absolute Gasteiger partial charge is 0.464 e. The Balaban J connectivity index is 1.59. The van der Waals surface area contributed by atoms with Gasteiger partial charge in [0.15, 0.2) is 6.61 Å². The molecular formula is C14H14ClN3O4. The number of halogens is 1. The second-order valence-electron chi connectivity index (χ2n) is 5.03. The minimum absolute atomic E-state index is 0.109. The van der Waals surface area contributed by atoms with Gasteiger partial charge in [-0.2, -0.15) is 0 Å². The molecule has 7 nitrogen and oxygen atoms in total. The smallest absolute Gasteiger partial charge is 0.344 e. The summed E-state index contributed by atoms with van der Waals surface area (Å²) in [5.41, 5.74) is 0.809. The maximum atomic E-state index is 11.5. The number of nitrogens with zero attached hydrogens (tertiary/aromatic N) is 3. The Kier molecular flexibility index (Phi) is 4.15. The van der Waals surface area contributed by atoms with Gasteiger partial charge >= 0.3 is 5.97 Å². The highest BCUT2D eigenvalue weighted by molar-refractivity contribution is 6.30. The monoisotopic (exact) mass is 323 g/mol. The van der Waals surface area contributed by atoms with Gasteiger partial charge in [0.2, 0.25) is 5.88 Å². The molecule has 1 N–H and O–H groups in total. The number of hydrogen-bond donors (Lipinski definition) is 1. The van der Waals surface area contributed by atoms with E-state index in [0.29, 0.717) is 33.8 Å². The molecule has 1 aliphatic rings. The number of carbonyl (C=O) groups excluding carboxylic acids is 1. The highest BCUT2D eigenvalue weighted by atomic mass is 35.5. The topological polar surface area (TPSA) is 86.5 Å². The fourth-order valence-electron chi connectivity index (χ4n) is 1.79. The first kappa shape index (κ1) is 14.6. The van der Waals surface area contributed by atoms with Crippen LogP contribution in [0.25, 0.3) is 11.4 Å². The van der Waals surface area contributed by atoms with Crippen molar-refractivity contribution in [3.63, 3.8) is 0 Å². The van der Waals surface area contributed by atoms with E-state index in [9.17, 15) is 10.0 Å². The van der Waals surface area contributed by atoms with Crippen molar-refractivity contribution in [2.24, 2.45) is 5.92 Å². The second-order valence-corrected chi connectivity index (χ2v) is 5.47. The molecule has 1 saturated carbocycles. The Morgan fingerprint density at radius 2 is 2.27 bits per heavy atom. The highest BCUT2D eigenvalue weighted by Crippen LogP contribution is 2.28. The van der Waals surface area contributed by atoms with Crippen LogP contribution in [0.15, 0.2) is 24.4 Å². The zero-order valence-corrected chi connectivity index (χ0v) is 12.4. The summed E-state index contributed by atoms with van der Waals surface area (Å²) in [5.74, 6) is 0.159. The fraction of sp³-hybridized carbons (Fsp3) is 0.357. The minimum atomic E-state index is -0.453. The van der Waals surface area contributed by atoms with Crippen LogP contribution in [-0.4, -0.2) is 39.3 Å². The third-order valence-electron chi connectivity index (χ3n) is 3.17. The van der Waals surface area contributed by atoms with E-state index in [1.165, 1.54) is 12.3 Å². The van der Waals surface area contributed by atoms with E-state index in [1.54, 1.807) is 12.1 Å². The summed E-state index contributed by atoms with van der Waals surface area (Å²) in [6.45, 7) is 0.188. The molecular weight excluding hydrogens is 310 g/mol. The predicted octanol–water partition coefficient (Wildman–Crippen LogP) is 2.17. The Morgan fingerprint density at radius 1 is 1.45 bits per heavy atom. The maximum Gasteiger partial charge on any atom is 0.344 e. The van der Waals surface area contributed by atoms with Gasteiger partial charge in [0, 0.05) is 12.3 Å². The molecule has 0 bridgehead atoms. The summed E-state index contributed by atoms with van der Waals surface area (Å²) in [5, 5.41) is 14.0. The summed E-state index contributed by atoms with van der Waals surface area (Å²) in [4.78, 5) is 16.2. The van der Waals surface area contributed by atoms with Crippen molar-refractivity contribution in [1.29, 1.82) is 0 Å². The third-order valence-corrected chi connectivity index (χ3v) is 3.40. The number of rotatable bonds is 6.